The van der Waals surface area contributed by atoms with E-state index in [9.17, 15) is 9.59 Å². The van der Waals surface area contributed by atoms with Gasteiger partial charge in [-0.2, -0.15) is 5.10 Å². The highest BCUT2D eigenvalue weighted by molar-refractivity contribution is 5.83. The highest BCUT2D eigenvalue weighted by Gasteiger charge is 2.15. The molecule has 1 rings (SSSR count). The molecular formula is C13H22N4O3. The molecule has 0 saturated carbocycles. The number of methoxy groups -OCH3 is 1. The summed E-state index contributed by atoms with van der Waals surface area (Å²) < 4.78 is 6.35. The Morgan fingerprint density at radius 2 is 2.05 bits per heavy atom. The standard InChI is InChI=1S/C13H22N4O3/c1-8-11(10(3)17(4)16-8)6-7-14-13(19)15-9(2)12(18)20-5/h9H,6-7H2,1-5H3,(H2,14,15,19)/t9-/m1/s1. The van der Waals surface area contributed by atoms with Crippen LogP contribution in [0.1, 0.15) is 23.9 Å². The van der Waals surface area contributed by atoms with Crippen LogP contribution >= 0.6 is 0 Å². The van der Waals surface area contributed by atoms with E-state index in [-0.39, 0.29) is 6.03 Å². The van der Waals surface area contributed by atoms with Crippen molar-refractivity contribution in [1.82, 2.24) is 20.4 Å². The summed E-state index contributed by atoms with van der Waals surface area (Å²) in [5, 5.41) is 9.53. The number of amides is 2. The van der Waals surface area contributed by atoms with E-state index in [0.717, 1.165) is 17.0 Å². The number of hydrogen-bond acceptors (Lipinski definition) is 4. The Morgan fingerprint density at radius 3 is 2.55 bits per heavy atom. The van der Waals surface area contributed by atoms with E-state index in [4.69, 9.17) is 0 Å². The van der Waals surface area contributed by atoms with Crippen LogP contribution in [0.15, 0.2) is 0 Å². The predicted molar refractivity (Wildman–Crippen MR) is 74.4 cm³/mol. The Kier molecular flexibility index (Phi) is 5.54. The third-order valence-corrected chi connectivity index (χ3v) is 3.22. The first-order valence-electron chi connectivity index (χ1n) is 6.48. The van der Waals surface area contributed by atoms with Gasteiger partial charge >= 0.3 is 12.0 Å². The molecule has 112 valence electrons. The Labute approximate surface area is 118 Å². The summed E-state index contributed by atoms with van der Waals surface area (Å²) in [6, 6.07) is -1.05. The van der Waals surface area contributed by atoms with Crippen LogP contribution in [0, 0.1) is 13.8 Å². The minimum atomic E-state index is -0.665. The van der Waals surface area contributed by atoms with Crippen LogP contribution in [-0.2, 0) is 23.0 Å². The third-order valence-electron chi connectivity index (χ3n) is 3.22. The lowest BCUT2D eigenvalue weighted by molar-refractivity contribution is -0.142. The number of hydrogen-bond donors (Lipinski definition) is 2. The average Bonchev–Trinajstić information content (AvgIpc) is 2.63. The number of urea groups is 1. The number of aryl methyl sites for hydroxylation is 2. The smallest absolute Gasteiger partial charge is 0.328 e. The molecule has 0 saturated heterocycles. The molecule has 0 spiro atoms. The molecule has 1 aromatic rings. The summed E-state index contributed by atoms with van der Waals surface area (Å²) in [7, 11) is 3.18. The summed E-state index contributed by atoms with van der Waals surface area (Å²) in [6.07, 6.45) is 0.700. The molecule has 2 amide bonds. The molecule has 0 aliphatic heterocycles. The van der Waals surface area contributed by atoms with Gasteiger partial charge in [0.25, 0.3) is 0 Å². The zero-order valence-electron chi connectivity index (χ0n) is 12.6. The van der Waals surface area contributed by atoms with Crippen LogP contribution in [0.25, 0.3) is 0 Å². The molecule has 0 fully saturated rings. The maximum atomic E-state index is 11.6. The molecular weight excluding hydrogens is 260 g/mol. The van der Waals surface area contributed by atoms with E-state index in [1.807, 2.05) is 25.6 Å². The molecule has 0 bridgehead atoms. The lowest BCUT2D eigenvalue weighted by atomic mass is 10.1. The van der Waals surface area contributed by atoms with Crippen molar-refractivity contribution in [3.05, 3.63) is 17.0 Å². The second-order valence-electron chi connectivity index (χ2n) is 4.67. The number of nitrogens with one attached hydrogen (secondary N) is 2. The van der Waals surface area contributed by atoms with Crippen LogP contribution < -0.4 is 10.6 Å². The zero-order valence-corrected chi connectivity index (χ0v) is 12.6. The van der Waals surface area contributed by atoms with Crippen molar-refractivity contribution in [2.75, 3.05) is 13.7 Å². The SMILES string of the molecule is COC(=O)[C@@H](C)NC(=O)NCCc1c(C)nn(C)c1C. The summed E-state index contributed by atoms with van der Waals surface area (Å²) in [4.78, 5) is 22.7. The first-order valence-corrected chi connectivity index (χ1v) is 6.48. The molecule has 20 heavy (non-hydrogen) atoms. The maximum absolute atomic E-state index is 11.6. The van der Waals surface area contributed by atoms with Crippen LogP contribution in [0.4, 0.5) is 4.79 Å². The Bertz CT molecular complexity index is 496. The predicted octanol–water partition coefficient (Wildman–Crippen LogP) is 0.440. The van der Waals surface area contributed by atoms with Gasteiger partial charge in [0.2, 0.25) is 0 Å². The number of aromatic nitrogens is 2. The van der Waals surface area contributed by atoms with Gasteiger partial charge < -0.3 is 15.4 Å². The van der Waals surface area contributed by atoms with E-state index in [1.54, 1.807) is 6.92 Å². The van der Waals surface area contributed by atoms with Gasteiger partial charge in [-0.15, -0.1) is 0 Å². The first-order chi connectivity index (χ1) is 9.36. The van der Waals surface area contributed by atoms with Gasteiger partial charge in [0.1, 0.15) is 6.04 Å². The summed E-state index contributed by atoms with van der Waals surface area (Å²) in [5.74, 6) is -0.473. The van der Waals surface area contributed by atoms with Gasteiger partial charge in [-0.05, 0) is 32.8 Å². The van der Waals surface area contributed by atoms with Crippen molar-refractivity contribution in [1.29, 1.82) is 0 Å². The maximum Gasteiger partial charge on any atom is 0.328 e. The summed E-state index contributed by atoms with van der Waals surface area (Å²) >= 11 is 0. The zero-order chi connectivity index (χ0) is 15.3. The fourth-order valence-corrected chi connectivity index (χ4v) is 1.96. The lowest BCUT2D eigenvalue weighted by Gasteiger charge is -2.12. The molecule has 0 aliphatic rings. The van der Waals surface area contributed by atoms with Gasteiger partial charge in [0.15, 0.2) is 0 Å². The molecule has 7 nitrogen and oxygen atoms in total. The van der Waals surface area contributed by atoms with Crippen molar-refractivity contribution in [3.8, 4) is 0 Å². The van der Waals surface area contributed by atoms with Crippen LogP contribution in [0.2, 0.25) is 0 Å². The second kappa shape index (κ2) is 6.93. The van der Waals surface area contributed by atoms with Gasteiger partial charge in [0.05, 0.1) is 12.8 Å². The van der Waals surface area contributed by atoms with Gasteiger partial charge in [-0.1, -0.05) is 0 Å². The van der Waals surface area contributed by atoms with Gasteiger partial charge in [-0.25, -0.2) is 9.59 Å². The third kappa shape index (κ3) is 3.97. The van der Waals surface area contributed by atoms with Crippen molar-refractivity contribution in [2.24, 2.45) is 7.05 Å². The molecule has 0 unspecified atom stereocenters. The van der Waals surface area contributed by atoms with Gasteiger partial charge in [-0.3, -0.25) is 4.68 Å². The minimum absolute atomic E-state index is 0.387. The number of ether oxygens (including phenoxy) is 1. The van der Waals surface area contributed by atoms with E-state index >= 15 is 0 Å². The molecule has 7 heteroatoms. The largest absolute Gasteiger partial charge is 0.467 e. The number of carbonyl (C=O) groups is 2. The second-order valence-corrected chi connectivity index (χ2v) is 4.67. The topological polar surface area (TPSA) is 85.2 Å². The Hall–Kier alpha value is -2.05. The minimum Gasteiger partial charge on any atom is -0.467 e. The van der Waals surface area contributed by atoms with Crippen LogP contribution in [-0.4, -0.2) is 41.5 Å². The quantitative estimate of drug-likeness (QED) is 0.767. The van der Waals surface area contributed by atoms with Crippen molar-refractivity contribution in [3.63, 3.8) is 0 Å². The fourth-order valence-electron chi connectivity index (χ4n) is 1.96. The highest BCUT2D eigenvalue weighted by atomic mass is 16.5. The number of carbonyl (C=O) groups excluding carboxylic acids is 2. The monoisotopic (exact) mass is 282 g/mol. The number of rotatable bonds is 5. The van der Waals surface area contributed by atoms with Gasteiger partial charge in [0, 0.05) is 19.3 Å². The number of esters is 1. The van der Waals surface area contributed by atoms with E-state index < -0.39 is 12.0 Å². The molecule has 1 heterocycles. The van der Waals surface area contributed by atoms with Crippen molar-refractivity contribution >= 4 is 12.0 Å². The van der Waals surface area contributed by atoms with Crippen LogP contribution in [0.5, 0.6) is 0 Å². The van der Waals surface area contributed by atoms with Crippen molar-refractivity contribution in [2.45, 2.75) is 33.2 Å². The van der Waals surface area contributed by atoms with Crippen molar-refractivity contribution < 1.29 is 14.3 Å². The summed E-state index contributed by atoms with van der Waals surface area (Å²) in [5.41, 5.74) is 3.19. The lowest BCUT2D eigenvalue weighted by Crippen LogP contribution is -2.45. The van der Waals surface area contributed by atoms with E-state index in [1.165, 1.54) is 7.11 Å². The molecule has 2 N–H and O–H groups in total. The molecule has 1 atom stereocenters. The van der Waals surface area contributed by atoms with Crippen LogP contribution in [0.3, 0.4) is 0 Å². The average molecular weight is 282 g/mol. The summed E-state index contributed by atoms with van der Waals surface area (Å²) in [6.45, 7) is 5.99. The first kappa shape index (κ1) is 16.0. The molecule has 0 aromatic carbocycles. The Morgan fingerprint density at radius 1 is 1.40 bits per heavy atom. The molecule has 0 radical (unpaired) electrons. The Balaban J connectivity index is 2.41. The van der Waals surface area contributed by atoms with E-state index in [0.29, 0.717) is 13.0 Å². The normalized spacial score (nSPS) is 11.8. The molecule has 1 aromatic heterocycles. The molecule has 0 aliphatic carbocycles. The highest BCUT2D eigenvalue weighted by Crippen LogP contribution is 2.11. The van der Waals surface area contributed by atoms with E-state index in [2.05, 4.69) is 20.5 Å². The fraction of sp³-hybridized carbons (Fsp3) is 0.615. The number of nitrogens with zero attached hydrogens (tertiary/aromatic N) is 2.